The summed E-state index contributed by atoms with van der Waals surface area (Å²) in [6, 6.07) is 5.86. The Hall–Kier alpha value is -1.52. The molecule has 0 fully saturated rings. The van der Waals surface area contributed by atoms with Gasteiger partial charge in [0.05, 0.1) is 11.2 Å². The summed E-state index contributed by atoms with van der Waals surface area (Å²) in [4.78, 5) is 0. The van der Waals surface area contributed by atoms with Crippen molar-refractivity contribution in [3.05, 3.63) is 46.7 Å². The van der Waals surface area contributed by atoms with Gasteiger partial charge in [0.2, 0.25) is 0 Å². The van der Waals surface area contributed by atoms with Gasteiger partial charge >= 0.3 is 0 Å². The highest BCUT2D eigenvalue weighted by atomic mass is 35.5. The molecule has 1 N–H and O–H groups in total. The molecule has 0 unspecified atom stereocenters. The normalized spacial score (nSPS) is 10.7. The molecule has 0 radical (unpaired) electrons. The largest absolute Gasteiger partial charge is 0.487 e. The maximum Gasteiger partial charge on any atom is 0.138 e. The Labute approximate surface area is 118 Å². The smallest absolute Gasteiger partial charge is 0.138 e. The second-order valence-electron chi connectivity index (χ2n) is 4.36. The molecule has 4 nitrogen and oxygen atoms in total. The van der Waals surface area contributed by atoms with E-state index in [9.17, 15) is 0 Å². The topological polar surface area (TPSA) is 39.1 Å². The molecule has 0 bridgehead atoms. The van der Waals surface area contributed by atoms with Crippen molar-refractivity contribution in [2.24, 2.45) is 7.05 Å². The zero-order valence-electron chi connectivity index (χ0n) is 11.2. The van der Waals surface area contributed by atoms with Crippen LogP contribution in [-0.4, -0.2) is 16.3 Å². The standard InChI is InChI=1S/C14H18ClN3O/c1-3-16-7-11-4-5-14(13(15)6-11)19-10-12-8-17-18(2)9-12/h4-6,8-9,16H,3,7,10H2,1-2H3. The summed E-state index contributed by atoms with van der Waals surface area (Å²) in [5.41, 5.74) is 2.18. The van der Waals surface area contributed by atoms with Crippen molar-refractivity contribution in [1.82, 2.24) is 15.1 Å². The monoisotopic (exact) mass is 279 g/mol. The molecule has 102 valence electrons. The first-order valence-corrected chi connectivity index (χ1v) is 6.66. The summed E-state index contributed by atoms with van der Waals surface area (Å²) in [5, 5.41) is 7.99. The van der Waals surface area contributed by atoms with E-state index in [2.05, 4.69) is 17.3 Å². The Balaban J connectivity index is 1.96. The van der Waals surface area contributed by atoms with Crippen molar-refractivity contribution in [1.29, 1.82) is 0 Å². The molecule has 2 aromatic rings. The van der Waals surface area contributed by atoms with Gasteiger partial charge in [-0.25, -0.2) is 0 Å². The SMILES string of the molecule is CCNCc1ccc(OCc2cnn(C)c2)c(Cl)c1. The Kier molecular flexibility index (Phi) is 4.82. The van der Waals surface area contributed by atoms with Crippen LogP contribution >= 0.6 is 11.6 Å². The number of ether oxygens (including phenoxy) is 1. The van der Waals surface area contributed by atoms with Crippen LogP contribution < -0.4 is 10.1 Å². The van der Waals surface area contributed by atoms with E-state index in [1.165, 1.54) is 0 Å². The number of benzene rings is 1. The molecule has 2 rings (SSSR count). The lowest BCUT2D eigenvalue weighted by molar-refractivity contribution is 0.306. The van der Waals surface area contributed by atoms with E-state index in [4.69, 9.17) is 16.3 Å². The number of aryl methyl sites for hydroxylation is 1. The minimum atomic E-state index is 0.472. The van der Waals surface area contributed by atoms with E-state index in [1.807, 2.05) is 31.4 Å². The number of rotatable bonds is 6. The van der Waals surface area contributed by atoms with Gasteiger partial charge in [-0.3, -0.25) is 4.68 Å². The van der Waals surface area contributed by atoms with Crippen molar-refractivity contribution in [3.63, 3.8) is 0 Å². The Morgan fingerprint density at radius 2 is 2.21 bits per heavy atom. The maximum absolute atomic E-state index is 6.21. The van der Waals surface area contributed by atoms with E-state index in [0.29, 0.717) is 17.4 Å². The summed E-state index contributed by atoms with van der Waals surface area (Å²) in [7, 11) is 1.88. The van der Waals surface area contributed by atoms with Crippen LogP contribution in [0, 0.1) is 0 Å². The van der Waals surface area contributed by atoms with Crippen molar-refractivity contribution < 1.29 is 4.74 Å². The van der Waals surface area contributed by atoms with Crippen LogP contribution in [0.3, 0.4) is 0 Å². The van der Waals surface area contributed by atoms with Gasteiger partial charge in [0.1, 0.15) is 12.4 Å². The minimum Gasteiger partial charge on any atom is -0.487 e. The van der Waals surface area contributed by atoms with Gasteiger partial charge in [0.15, 0.2) is 0 Å². The number of aromatic nitrogens is 2. The average molecular weight is 280 g/mol. The van der Waals surface area contributed by atoms with Gasteiger partial charge in [-0.15, -0.1) is 0 Å². The van der Waals surface area contributed by atoms with Crippen LogP contribution in [0.15, 0.2) is 30.6 Å². The van der Waals surface area contributed by atoms with Crippen molar-refractivity contribution in [3.8, 4) is 5.75 Å². The first kappa shape index (κ1) is 13.9. The molecule has 0 amide bonds. The maximum atomic E-state index is 6.21. The lowest BCUT2D eigenvalue weighted by Crippen LogP contribution is -2.11. The predicted octanol–water partition coefficient (Wildman–Crippen LogP) is 2.76. The lowest BCUT2D eigenvalue weighted by atomic mass is 10.2. The first-order valence-electron chi connectivity index (χ1n) is 6.28. The molecule has 0 aliphatic carbocycles. The molecule has 0 saturated carbocycles. The summed E-state index contributed by atoms with van der Waals surface area (Å²) < 4.78 is 7.44. The molecule has 5 heteroatoms. The average Bonchev–Trinajstić information content (AvgIpc) is 2.81. The van der Waals surface area contributed by atoms with E-state index < -0.39 is 0 Å². The molecule has 0 aliphatic heterocycles. The van der Waals surface area contributed by atoms with Crippen LogP contribution in [0.5, 0.6) is 5.75 Å². The highest BCUT2D eigenvalue weighted by Gasteiger charge is 2.04. The van der Waals surface area contributed by atoms with Crippen LogP contribution in [0.2, 0.25) is 5.02 Å². The molecule has 1 aromatic heterocycles. The summed E-state index contributed by atoms with van der Waals surface area (Å²) in [6.07, 6.45) is 3.71. The Bertz CT molecular complexity index is 539. The molecular formula is C14H18ClN3O. The number of halogens is 1. The zero-order chi connectivity index (χ0) is 13.7. The van der Waals surface area contributed by atoms with Gasteiger partial charge in [0, 0.05) is 25.4 Å². The Morgan fingerprint density at radius 3 is 2.84 bits per heavy atom. The molecule has 1 heterocycles. The highest BCUT2D eigenvalue weighted by Crippen LogP contribution is 2.26. The first-order chi connectivity index (χ1) is 9.19. The molecular weight excluding hydrogens is 262 g/mol. The summed E-state index contributed by atoms with van der Waals surface area (Å²) in [6.45, 7) is 4.31. The zero-order valence-corrected chi connectivity index (χ0v) is 11.9. The number of nitrogens with one attached hydrogen (secondary N) is 1. The van der Waals surface area contributed by atoms with Crippen molar-refractivity contribution in [2.75, 3.05) is 6.54 Å². The molecule has 0 atom stereocenters. The quantitative estimate of drug-likeness (QED) is 0.884. The van der Waals surface area contributed by atoms with Crippen LogP contribution in [0.4, 0.5) is 0 Å². The van der Waals surface area contributed by atoms with E-state index in [1.54, 1.807) is 10.9 Å². The molecule has 19 heavy (non-hydrogen) atoms. The van der Waals surface area contributed by atoms with E-state index >= 15 is 0 Å². The molecule has 1 aromatic carbocycles. The van der Waals surface area contributed by atoms with Crippen LogP contribution in [0.25, 0.3) is 0 Å². The van der Waals surface area contributed by atoms with Crippen LogP contribution in [-0.2, 0) is 20.2 Å². The number of nitrogens with zero attached hydrogens (tertiary/aromatic N) is 2. The molecule has 0 saturated heterocycles. The predicted molar refractivity (Wildman–Crippen MR) is 76.4 cm³/mol. The van der Waals surface area contributed by atoms with Gasteiger partial charge in [-0.1, -0.05) is 24.6 Å². The number of hydrogen-bond donors (Lipinski definition) is 1. The lowest BCUT2D eigenvalue weighted by Gasteiger charge is -2.09. The van der Waals surface area contributed by atoms with E-state index in [-0.39, 0.29) is 0 Å². The fourth-order valence-corrected chi connectivity index (χ4v) is 2.01. The second-order valence-corrected chi connectivity index (χ2v) is 4.76. The van der Waals surface area contributed by atoms with E-state index in [0.717, 1.165) is 24.2 Å². The third-order valence-electron chi connectivity index (χ3n) is 2.73. The fraction of sp³-hybridized carbons (Fsp3) is 0.357. The van der Waals surface area contributed by atoms with Gasteiger partial charge in [0.25, 0.3) is 0 Å². The molecule has 0 spiro atoms. The van der Waals surface area contributed by atoms with Crippen molar-refractivity contribution in [2.45, 2.75) is 20.1 Å². The summed E-state index contributed by atoms with van der Waals surface area (Å²) >= 11 is 6.21. The summed E-state index contributed by atoms with van der Waals surface area (Å²) in [5.74, 6) is 0.700. The number of hydrogen-bond acceptors (Lipinski definition) is 3. The highest BCUT2D eigenvalue weighted by molar-refractivity contribution is 6.32. The van der Waals surface area contributed by atoms with Crippen LogP contribution in [0.1, 0.15) is 18.1 Å². The van der Waals surface area contributed by atoms with Crippen molar-refractivity contribution >= 4 is 11.6 Å². The second kappa shape index (κ2) is 6.59. The van der Waals surface area contributed by atoms with Gasteiger partial charge in [-0.2, -0.15) is 5.10 Å². The van der Waals surface area contributed by atoms with Gasteiger partial charge < -0.3 is 10.1 Å². The third-order valence-corrected chi connectivity index (χ3v) is 3.02. The Morgan fingerprint density at radius 1 is 1.37 bits per heavy atom. The fourth-order valence-electron chi connectivity index (χ4n) is 1.75. The molecule has 0 aliphatic rings. The van der Waals surface area contributed by atoms with Gasteiger partial charge in [-0.05, 0) is 24.2 Å². The minimum absolute atomic E-state index is 0.472. The third kappa shape index (κ3) is 3.98.